The van der Waals surface area contributed by atoms with Crippen molar-refractivity contribution in [1.82, 2.24) is 0 Å². The highest BCUT2D eigenvalue weighted by atomic mass is 16.5. The molecule has 0 saturated carbocycles. The molecule has 1 unspecified atom stereocenters. The average Bonchev–Trinajstić information content (AvgIpc) is 2.75. The molecule has 0 bridgehead atoms. The first-order valence-electron chi connectivity index (χ1n) is 12.8. The van der Waals surface area contributed by atoms with E-state index in [0.29, 0.717) is 6.42 Å². The van der Waals surface area contributed by atoms with E-state index < -0.39 is 17.9 Å². The molecule has 0 aromatic rings. The lowest BCUT2D eigenvalue weighted by Crippen LogP contribution is -2.19. The van der Waals surface area contributed by atoms with E-state index in [2.05, 4.69) is 25.7 Å². The summed E-state index contributed by atoms with van der Waals surface area (Å²) in [6.45, 7) is 5.88. The van der Waals surface area contributed by atoms with Gasteiger partial charge in [-0.05, 0) is 32.1 Å². The monoisotopic (exact) mass is 436 g/mol. The highest BCUT2D eigenvalue weighted by Crippen LogP contribution is 2.17. The van der Waals surface area contributed by atoms with Crippen LogP contribution in [0.3, 0.4) is 0 Å². The molecule has 0 saturated heterocycles. The molecule has 4 nitrogen and oxygen atoms in total. The Morgan fingerprint density at radius 3 is 1.77 bits per heavy atom. The van der Waals surface area contributed by atoms with E-state index in [-0.39, 0.29) is 13.0 Å². The number of unbranched alkanes of at least 4 members (excludes halogenated alkanes) is 14. The van der Waals surface area contributed by atoms with Crippen molar-refractivity contribution in [3.8, 4) is 0 Å². The number of esters is 1. The van der Waals surface area contributed by atoms with Crippen LogP contribution >= 0.6 is 0 Å². The number of allylic oxidation sites excluding steroid dienone is 2. The van der Waals surface area contributed by atoms with Gasteiger partial charge >= 0.3 is 11.9 Å². The molecule has 0 fully saturated rings. The second-order valence-corrected chi connectivity index (χ2v) is 8.64. The summed E-state index contributed by atoms with van der Waals surface area (Å²) >= 11 is 0. The zero-order valence-electron chi connectivity index (χ0n) is 20.1. The fraction of sp³-hybridized carbons (Fsp3) is 0.778. The Morgan fingerprint density at radius 1 is 0.806 bits per heavy atom. The summed E-state index contributed by atoms with van der Waals surface area (Å²) in [5.41, 5.74) is 0. The molecule has 0 rings (SSSR count). The van der Waals surface area contributed by atoms with Crippen molar-refractivity contribution in [2.45, 2.75) is 122 Å². The first kappa shape index (κ1) is 29.4. The molecule has 0 amide bonds. The van der Waals surface area contributed by atoms with Crippen LogP contribution < -0.4 is 0 Å². The van der Waals surface area contributed by atoms with E-state index in [1.54, 1.807) is 0 Å². The second kappa shape index (κ2) is 23.1. The summed E-state index contributed by atoms with van der Waals surface area (Å²) in [6, 6.07) is 0. The van der Waals surface area contributed by atoms with Crippen LogP contribution in [0.4, 0.5) is 0 Å². The Labute approximate surface area is 191 Å². The number of hydrogen-bond donors (Lipinski definition) is 1. The Hall–Kier alpha value is -1.58. The first-order chi connectivity index (χ1) is 15.1. The van der Waals surface area contributed by atoms with Crippen LogP contribution in [-0.2, 0) is 14.3 Å². The van der Waals surface area contributed by atoms with Crippen LogP contribution in [0.25, 0.3) is 0 Å². The molecular weight excluding hydrogens is 388 g/mol. The van der Waals surface area contributed by atoms with Gasteiger partial charge in [-0.25, -0.2) is 0 Å². The highest BCUT2D eigenvalue weighted by molar-refractivity contribution is 5.78. The summed E-state index contributed by atoms with van der Waals surface area (Å²) in [5.74, 6) is -2.00. The molecule has 0 aromatic carbocycles. The normalized spacial score (nSPS) is 12.2. The molecule has 0 heterocycles. The van der Waals surface area contributed by atoms with E-state index in [1.807, 2.05) is 0 Å². The van der Waals surface area contributed by atoms with E-state index >= 15 is 0 Å². The third-order valence-electron chi connectivity index (χ3n) is 5.69. The van der Waals surface area contributed by atoms with Gasteiger partial charge in [0, 0.05) is 0 Å². The molecule has 0 radical (unpaired) electrons. The van der Waals surface area contributed by atoms with E-state index in [9.17, 15) is 14.7 Å². The van der Waals surface area contributed by atoms with Crippen LogP contribution in [0.2, 0.25) is 0 Å². The van der Waals surface area contributed by atoms with Crippen LogP contribution in [0.5, 0.6) is 0 Å². The maximum atomic E-state index is 11.6. The number of carbonyl (C=O) groups is 2. The van der Waals surface area contributed by atoms with E-state index in [1.165, 1.54) is 83.1 Å². The fourth-order valence-electron chi connectivity index (χ4n) is 3.72. The Kier molecular flexibility index (Phi) is 21.9. The van der Waals surface area contributed by atoms with Crippen molar-refractivity contribution < 1.29 is 19.4 Å². The third-order valence-corrected chi connectivity index (χ3v) is 5.69. The van der Waals surface area contributed by atoms with Crippen molar-refractivity contribution in [2.75, 3.05) is 6.61 Å². The quantitative estimate of drug-likeness (QED) is 0.100. The van der Waals surface area contributed by atoms with Gasteiger partial charge in [-0.1, -0.05) is 109 Å². The van der Waals surface area contributed by atoms with Gasteiger partial charge in [0.15, 0.2) is 0 Å². The summed E-state index contributed by atoms with van der Waals surface area (Å²) < 4.78 is 4.89. The highest BCUT2D eigenvalue weighted by Gasteiger charge is 2.21. The topological polar surface area (TPSA) is 63.6 Å². The molecule has 1 N–H and O–H groups in total. The largest absolute Gasteiger partial charge is 0.481 e. The van der Waals surface area contributed by atoms with Gasteiger partial charge in [-0.15, -0.1) is 0 Å². The molecule has 0 aromatic heterocycles. The summed E-state index contributed by atoms with van der Waals surface area (Å²) in [6.07, 6.45) is 26.8. The van der Waals surface area contributed by atoms with Crippen LogP contribution in [0.1, 0.15) is 122 Å². The zero-order valence-corrected chi connectivity index (χ0v) is 20.1. The molecule has 1 atom stereocenters. The van der Waals surface area contributed by atoms with Gasteiger partial charge < -0.3 is 9.84 Å². The fourth-order valence-corrected chi connectivity index (χ4v) is 3.72. The molecule has 31 heavy (non-hydrogen) atoms. The standard InChI is InChI=1S/C27H48O4/c1-3-5-6-7-8-9-10-11-12-13-14-15-16-17-18-19-20-21-22-25(27(29)30)24-26(28)31-23-4-2/h4,14-15,25H,2-3,5-13,16-24H2,1H3,(H,29,30)/b15-14+. The predicted octanol–water partition coefficient (Wildman–Crippen LogP) is 8.01. The minimum atomic E-state index is -0.910. The van der Waals surface area contributed by atoms with Crippen molar-refractivity contribution in [2.24, 2.45) is 5.92 Å². The minimum Gasteiger partial charge on any atom is -0.481 e. The lowest BCUT2D eigenvalue weighted by atomic mass is 9.97. The molecule has 0 aliphatic heterocycles. The Balaban J connectivity index is 3.48. The number of carbonyl (C=O) groups excluding carboxylic acids is 1. The zero-order chi connectivity index (χ0) is 23.0. The van der Waals surface area contributed by atoms with Gasteiger partial charge in [-0.2, -0.15) is 0 Å². The summed E-state index contributed by atoms with van der Waals surface area (Å²) in [4.78, 5) is 22.9. The smallest absolute Gasteiger partial charge is 0.307 e. The van der Waals surface area contributed by atoms with E-state index in [4.69, 9.17) is 4.74 Å². The Bertz CT molecular complexity index is 470. The first-order valence-corrected chi connectivity index (χ1v) is 12.8. The number of ether oxygens (including phenoxy) is 1. The second-order valence-electron chi connectivity index (χ2n) is 8.64. The minimum absolute atomic E-state index is 0.0487. The molecule has 0 aliphatic carbocycles. The number of carboxylic acid groups (broad SMARTS) is 1. The van der Waals surface area contributed by atoms with Gasteiger partial charge in [0.25, 0.3) is 0 Å². The van der Waals surface area contributed by atoms with Gasteiger partial charge in [0.1, 0.15) is 6.61 Å². The summed E-state index contributed by atoms with van der Waals surface area (Å²) in [5, 5.41) is 9.26. The van der Waals surface area contributed by atoms with Crippen molar-refractivity contribution in [1.29, 1.82) is 0 Å². The van der Waals surface area contributed by atoms with Crippen molar-refractivity contribution in [3.05, 3.63) is 24.8 Å². The van der Waals surface area contributed by atoms with Crippen LogP contribution in [0, 0.1) is 5.92 Å². The van der Waals surface area contributed by atoms with Gasteiger partial charge in [-0.3, -0.25) is 9.59 Å². The van der Waals surface area contributed by atoms with Crippen molar-refractivity contribution >= 4 is 11.9 Å². The predicted molar refractivity (Wildman–Crippen MR) is 130 cm³/mol. The molecule has 0 aliphatic rings. The Morgan fingerprint density at radius 2 is 1.29 bits per heavy atom. The van der Waals surface area contributed by atoms with Crippen molar-refractivity contribution in [3.63, 3.8) is 0 Å². The molecular formula is C27H48O4. The van der Waals surface area contributed by atoms with E-state index in [0.717, 1.165) is 25.7 Å². The maximum Gasteiger partial charge on any atom is 0.307 e. The summed E-state index contributed by atoms with van der Waals surface area (Å²) in [7, 11) is 0. The van der Waals surface area contributed by atoms with Gasteiger partial charge in [0.05, 0.1) is 12.3 Å². The maximum absolute atomic E-state index is 11.6. The van der Waals surface area contributed by atoms with Gasteiger partial charge in [0.2, 0.25) is 0 Å². The van der Waals surface area contributed by atoms with Crippen LogP contribution in [-0.4, -0.2) is 23.7 Å². The van der Waals surface area contributed by atoms with Crippen LogP contribution in [0.15, 0.2) is 24.8 Å². The number of hydrogen-bond acceptors (Lipinski definition) is 3. The number of carboxylic acids is 1. The number of aliphatic carboxylic acids is 1. The third kappa shape index (κ3) is 21.4. The molecule has 180 valence electrons. The SMILES string of the molecule is C=CCOC(=O)CC(CCCCCCC/C=C/CCCCCCCCCCC)C(=O)O. The average molecular weight is 437 g/mol. The lowest BCUT2D eigenvalue weighted by molar-refractivity contribution is -0.151. The lowest BCUT2D eigenvalue weighted by Gasteiger charge is -2.11. The number of rotatable bonds is 23. The molecule has 0 spiro atoms. The molecule has 4 heteroatoms.